The summed E-state index contributed by atoms with van der Waals surface area (Å²) in [6.45, 7) is 0. The molecule has 0 amide bonds. The van der Waals surface area contributed by atoms with Crippen molar-refractivity contribution in [3.8, 4) is 5.75 Å². The lowest BCUT2D eigenvalue weighted by Crippen LogP contribution is -2.12. The Balaban J connectivity index is 2.39. The molecule has 0 aliphatic carbocycles. The zero-order valence-electron chi connectivity index (χ0n) is 9.98. The summed E-state index contributed by atoms with van der Waals surface area (Å²) < 4.78 is 34.5. The van der Waals surface area contributed by atoms with Crippen LogP contribution in [-0.2, 0) is 10.0 Å². The van der Waals surface area contributed by atoms with Crippen molar-refractivity contribution in [2.24, 2.45) is 0 Å². The van der Waals surface area contributed by atoms with Gasteiger partial charge in [-0.25, -0.2) is 8.42 Å². The minimum atomic E-state index is -3.62. The van der Waals surface area contributed by atoms with Gasteiger partial charge in [-0.3, -0.25) is 4.72 Å². The van der Waals surface area contributed by atoms with Gasteiger partial charge in [0.15, 0.2) is 0 Å². The van der Waals surface area contributed by atoms with E-state index in [0.29, 0.717) is 15.9 Å². The van der Waals surface area contributed by atoms with Crippen LogP contribution in [0.3, 0.4) is 0 Å². The van der Waals surface area contributed by atoms with Gasteiger partial charge in [0.05, 0.1) is 21.1 Å². The van der Waals surface area contributed by atoms with E-state index in [2.05, 4.69) is 52.5 Å². The van der Waals surface area contributed by atoms with Gasteiger partial charge >= 0.3 is 0 Å². The van der Waals surface area contributed by atoms with Gasteiger partial charge in [-0.05, 0) is 66.0 Å². The fourth-order valence-electron chi connectivity index (χ4n) is 1.40. The fourth-order valence-corrected chi connectivity index (χ4v) is 5.87. The minimum absolute atomic E-state index is 0.234. The summed E-state index contributed by atoms with van der Waals surface area (Å²) in [5, 5.41) is 0. The first kappa shape index (κ1) is 16.3. The van der Waals surface area contributed by atoms with Crippen molar-refractivity contribution < 1.29 is 13.2 Å². The molecule has 1 N–H and O–H groups in total. The molecule has 1 heterocycles. The van der Waals surface area contributed by atoms with E-state index in [1.807, 2.05) is 0 Å². The maximum absolute atomic E-state index is 12.3. The second-order valence-corrected chi connectivity index (χ2v) is 9.71. The molecule has 2 rings (SSSR count). The van der Waals surface area contributed by atoms with Crippen molar-refractivity contribution in [1.82, 2.24) is 0 Å². The number of hydrogen-bond acceptors (Lipinski definition) is 4. The predicted molar refractivity (Wildman–Crippen MR) is 91.2 cm³/mol. The highest BCUT2D eigenvalue weighted by Crippen LogP contribution is 2.36. The van der Waals surface area contributed by atoms with Crippen LogP contribution >= 0.6 is 59.1 Å². The Morgan fingerprint density at radius 2 is 1.85 bits per heavy atom. The van der Waals surface area contributed by atoms with E-state index < -0.39 is 10.0 Å². The standard InChI is InChI=1S/C11H8Br3NO3S2/c1-18-9-5-8(6(12)4-7(9)13)15-20(16,17)11-3-2-10(14)19-11/h2-5,15H,1H3. The van der Waals surface area contributed by atoms with Gasteiger partial charge in [-0.2, -0.15) is 0 Å². The molecule has 0 atom stereocenters. The lowest BCUT2D eigenvalue weighted by Gasteiger charge is -2.11. The Labute approximate surface area is 146 Å². The highest BCUT2D eigenvalue weighted by Gasteiger charge is 2.19. The molecule has 0 aliphatic heterocycles. The maximum atomic E-state index is 12.3. The number of benzene rings is 1. The molecule has 4 nitrogen and oxygen atoms in total. The number of thiophene rings is 1. The molecule has 0 aliphatic rings. The molecule has 0 bridgehead atoms. The fraction of sp³-hybridized carbons (Fsp3) is 0.0909. The second kappa shape index (κ2) is 6.35. The molecule has 2 aromatic rings. The molecular formula is C11H8Br3NO3S2. The third-order valence-electron chi connectivity index (χ3n) is 2.30. The number of hydrogen-bond donors (Lipinski definition) is 1. The highest BCUT2D eigenvalue weighted by atomic mass is 79.9. The van der Waals surface area contributed by atoms with E-state index in [9.17, 15) is 8.42 Å². The quantitative estimate of drug-likeness (QED) is 0.646. The maximum Gasteiger partial charge on any atom is 0.271 e. The molecule has 20 heavy (non-hydrogen) atoms. The molecule has 9 heteroatoms. The van der Waals surface area contributed by atoms with Crippen molar-refractivity contribution in [2.75, 3.05) is 11.8 Å². The molecule has 0 unspecified atom stereocenters. The van der Waals surface area contributed by atoms with Crippen LogP contribution in [-0.4, -0.2) is 15.5 Å². The first-order valence-electron chi connectivity index (χ1n) is 5.14. The molecule has 0 fully saturated rings. The van der Waals surface area contributed by atoms with Crippen molar-refractivity contribution in [2.45, 2.75) is 4.21 Å². The van der Waals surface area contributed by atoms with Gasteiger partial charge in [0.25, 0.3) is 10.0 Å². The molecule has 0 saturated carbocycles. The summed E-state index contributed by atoms with van der Waals surface area (Å²) in [5.41, 5.74) is 0.412. The number of sulfonamides is 1. The van der Waals surface area contributed by atoms with Gasteiger partial charge in [0.1, 0.15) is 9.96 Å². The van der Waals surface area contributed by atoms with Crippen LogP contribution in [0.2, 0.25) is 0 Å². The largest absolute Gasteiger partial charge is 0.495 e. The van der Waals surface area contributed by atoms with Gasteiger partial charge in [0.2, 0.25) is 0 Å². The van der Waals surface area contributed by atoms with Gasteiger partial charge in [-0.1, -0.05) is 0 Å². The Hall–Kier alpha value is -0.0900. The zero-order valence-corrected chi connectivity index (χ0v) is 16.4. The smallest absolute Gasteiger partial charge is 0.271 e. The molecule has 0 radical (unpaired) electrons. The Bertz CT molecular complexity index is 743. The number of halogens is 3. The summed E-state index contributed by atoms with van der Waals surface area (Å²) in [6.07, 6.45) is 0. The highest BCUT2D eigenvalue weighted by molar-refractivity contribution is 9.11. The Morgan fingerprint density at radius 3 is 2.40 bits per heavy atom. The summed E-state index contributed by atoms with van der Waals surface area (Å²) >= 11 is 11.0. The average molecular weight is 506 g/mol. The van der Waals surface area contributed by atoms with Crippen molar-refractivity contribution in [1.29, 1.82) is 0 Å². The number of ether oxygens (including phenoxy) is 1. The summed E-state index contributed by atoms with van der Waals surface area (Å²) in [7, 11) is -2.10. The minimum Gasteiger partial charge on any atom is -0.495 e. The summed E-state index contributed by atoms with van der Waals surface area (Å²) in [5.74, 6) is 0.540. The average Bonchev–Trinajstić information content (AvgIpc) is 2.80. The Morgan fingerprint density at radius 1 is 1.15 bits per heavy atom. The first-order chi connectivity index (χ1) is 9.33. The molecular weight excluding hydrogens is 498 g/mol. The third-order valence-corrected chi connectivity index (χ3v) is 7.06. The van der Waals surface area contributed by atoms with Crippen LogP contribution in [0.15, 0.2) is 41.2 Å². The van der Waals surface area contributed by atoms with Crippen molar-refractivity contribution in [3.63, 3.8) is 0 Å². The topological polar surface area (TPSA) is 55.4 Å². The van der Waals surface area contributed by atoms with E-state index in [4.69, 9.17) is 4.74 Å². The number of rotatable bonds is 4. The summed E-state index contributed by atoms with van der Waals surface area (Å²) in [6, 6.07) is 6.56. The molecule has 0 saturated heterocycles. The summed E-state index contributed by atoms with van der Waals surface area (Å²) in [4.78, 5) is 0. The second-order valence-electron chi connectivity index (χ2n) is 3.63. The number of anilines is 1. The predicted octanol–water partition coefficient (Wildman–Crippen LogP) is 4.85. The third kappa shape index (κ3) is 3.56. The van der Waals surface area contributed by atoms with E-state index >= 15 is 0 Å². The van der Waals surface area contributed by atoms with E-state index in [1.165, 1.54) is 7.11 Å². The number of nitrogens with one attached hydrogen (secondary N) is 1. The molecule has 1 aromatic carbocycles. The van der Waals surface area contributed by atoms with Crippen LogP contribution in [0.4, 0.5) is 5.69 Å². The van der Waals surface area contributed by atoms with Crippen LogP contribution in [0.1, 0.15) is 0 Å². The zero-order chi connectivity index (χ0) is 14.9. The van der Waals surface area contributed by atoms with Gasteiger partial charge < -0.3 is 4.74 Å². The van der Waals surface area contributed by atoms with E-state index in [-0.39, 0.29) is 4.21 Å². The molecule has 0 spiro atoms. The van der Waals surface area contributed by atoms with Crippen LogP contribution in [0.25, 0.3) is 0 Å². The molecule has 1 aromatic heterocycles. The van der Waals surface area contributed by atoms with Crippen LogP contribution in [0.5, 0.6) is 5.75 Å². The van der Waals surface area contributed by atoms with Crippen molar-refractivity contribution in [3.05, 3.63) is 37.0 Å². The SMILES string of the molecule is COc1cc(NS(=O)(=O)c2ccc(Br)s2)c(Br)cc1Br. The lowest BCUT2D eigenvalue weighted by atomic mass is 10.3. The normalized spacial score (nSPS) is 11.4. The van der Waals surface area contributed by atoms with E-state index in [1.54, 1.807) is 24.3 Å². The number of methoxy groups -OCH3 is 1. The van der Waals surface area contributed by atoms with Crippen LogP contribution in [0, 0.1) is 0 Å². The van der Waals surface area contributed by atoms with Crippen LogP contribution < -0.4 is 9.46 Å². The monoisotopic (exact) mass is 503 g/mol. The van der Waals surface area contributed by atoms with Crippen molar-refractivity contribution >= 4 is 74.8 Å². The van der Waals surface area contributed by atoms with E-state index in [0.717, 1.165) is 19.6 Å². The van der Waals surface area contributed by atoms with Gasteiger partial charge in [-0.15, -0.1) is 11.3 Å². The molecule has 108 valence electrons. The lowest BCUT2D eigenvalue weighted by molar-refractivity contribution is 0.412. The first-order valence-corrected chi connectivity index (χ1v) is 9.82. The Kier molecular flexibility index (Phi) is 5.17. The van der Waals surface area contributed by atoms with Gasteiger partial charge in [0, 0.05) is 10.5 Å².